The van der Waals surface area contributed by atoms with Crippen molar-refractivity contribution < 1.29 is 4.55 Å². The van der Waals surface area contributed by atoms with Crippen molar-refractivity contribution in [2.45, 2.75) is 18.2 Å². The van der Waals surface area contributed by atoms with Gasteiger partial charge in [-0.1, -0.05) is 6.92 Å². The van der Waals surface area contributed by atoms with Gasteiger partial charge in [0, 0.05) is 27.1 Å². The molecule has 1 unspecified atom stereocenters. The molecule has 0 saturated heterocycles. The molecule has 0 amide bonds. The summed E-state index contributed by atoms with van der Waals surface area (Å²) in [6.45, 7) is 2.02. The third-order valence-corrected chi connectivity index (χ3v) is 3.82. The average Bonchev–Trinajstić information content (AvgIpc) is 2.03. The zero-order chi connectivity index (χ0) is 9.84. The number of benzene rings is 1. The van der Waals surface area contributed by atoms with Crippen LogP contribution >= 0.6 is 31.9 Å². The summed E-state index contributed by atoms with van der Waals surface area (Å²) in [7, 11) is 0. The topological polar surface area (TPSA) is 23.1 Å². The van der Waals surface area contributed by atoms with E-state index in [0.717, 1.165) is 20.3 Å². The summed E-state index contributed by atoms with van der Waals surface area (Å²) in [5.41, 5.74) is 0. The van der Waals surface area contributed by atoms with Crippen LogP contribution in [0.2, 0.25) is 0 Å². The minimum atomic E-state index is -0.884. The number of hydrogen-bond acceptors (Lipinski definition) is 1. The van der Waals surface area contributed by atoms with E-state index in [1.807, 2.05) is 19.1 Å². The second-order valence-corrected chi connectivity index (χ2v) is 5.84. The molecular formula is C9H9Br2OS. The van der Waals surface area contributed by atoms with Gasteiger partial charge in [0.1, 0.15) is 5.75 Å². The highest BCUT2D eigenvalue weighted by Gasteiger charge is 2.10. The summed E-state index contributed by atoms with van der Waals surface area (Å²) >= 11 is 5.74. The van der Waals surface area contributed by atoms with Gasteiger partial charge in [0.05, 0.1) is 0 Å². The highest BCUT2D eigenvalue weighted by atomic mass is 79.9. The first kappa shape index (κ1) is 11.6. The van der Waals surface area contributed by atoms with E-state index in [9.17, 15) is 4.55 Å². The van der Waals surface area contributed by atoms with Crippen molar-refractivity contribution >= 4 is 43.0 Å². The fraction of sp³-hybridized carbons (Fsp3) is 0.333. The third kappa shape index (κ3) is 3.62. The van der Waals surface area contributed by atoms with E-state index in [1.165, 1.54) is 0 Å². The lowest BCUT2D eigenvalue weighted by atomic mass is 10.4. The van der Waals surface area contributed by atoms with Crippen LogP contribution in [0, 0.1) is 6.07 Å². The maximum absolute atomic E-state index is 11.6. The second-order valence-electron chi connectivity index (χ2n) is 2.56. The van der Waals surface area contributed by atoms with Gasteiger partial charge in [-0.05, 0) is 49.5 Å². The van der Waals surface area contributed by atoms with Crippen molar-refractivity contribution in [2.24, 2.45) is 0 Å². The maximum Gasteiger partial charge on any atom is 0.154 e. The molecule has 1 rings (SSSR count). The summed E-state index contributed by atoms with van der Waals surface area (Å²) in [4.78, 5) is 0.847. The quantitative estimate of drug-likeness (QED) is 0.780. The first-order valence-electron chi connectivity index (χ1n) is 3.90. The van der Waals surface area contributed by atoms with Gasteiger partial charge in [0.25, 0.3) is 0 Å². The Morgan fingerprint density at radius 1 is 1.38 bits per heavy atom. The molecule has 0 fully saturated rings. The Morgan fingerprint density at radius 2 is 1.92 bits per heavy atom. The van der Waals surface area contributed by atoms with Crippen LogP contribution in [0.4, 0.5) is 0 Å². The lowest BCUT2D eigenvalue weighted by Gasteiger charge is -2.09. The first-order chi connectivity index (χ1) is 6.13. The molecule has 0 bridgehead atoms. The standard InChI is InChI=1S/C9H9Br2OS/c1-2-3-13(12)9-5-7(10)4-8(11)6-9/h5-6H,2-3H2,1H3. The van der Waals surface area contributed by atoms with Crippen LogP contribution in [0.25, 0.3) is 0 Å². The molecule has 0 aliphatic carbocycles. The Bertz CT molecular complexity index is 271. The number of halogens is 2. The van der Waals surface area contributed by atoms with Crippen LogP contribution in [0.3, 0.4) is 0 Å². The van der Waals surface area contributed by atoms with Crippen LogP contribution < -0.4 is 0 Å². The predicted molar refractivity (Wildman–Crippen MR) is 62.2 cm³/mol. The minimum absolute atomic E-state index is 0.711. The Labute approximate surface area is 98.4 Å². The van der Waals surface area contributed by atoms with E-state index < -0.39 is 11.2 Å². The van der Waals surface area contributed by atoms with E-state index in [4.69, 9.17) is 0 Å². The molecule has 1 nitrogen and oxygen atoms in total. The summed E-state index contributed by atoms with van der Waals surface area (Å²) in [5.74, 6) is 0.711. The Kier molecular flexibility index (Phi) is 4.80. The van der Waals surface area contributed by atoms with Crippen molar-refractivity contribution in [2.75, 3.05) is 5.75 Å². The van der Waals surface area contributed by atoms with Gasteiger partial charge in [0.2, 0.25) is 0 Å². The summed E-state index contributed by atoms with van der Waals surface area (Å²) in [6.07, 6.45) is 0.931. The predicted octanol–water partition coefficient (Wildman–Crippen LogP) is 3.53. The van der Waals surface area contributed by atoms with E-state index in [2.05, 4.69) is 37.9 Å². The molecule has 1 atom stereocenters. The fourth-order valence-corrected chi connectivity index (χ4v) is 3.51. The zero-order valence-electron chi connectivity index (χ0n) is 7.14. The molecule has 71 valence electrons. The van der Waals surface area contributed by atoms with Gasteiger partial charge in [-0.2, -0.15) is 0 Å². The normalized spacial score (nSPS) is 12.9. The Balaban J connectivity index is 2.87. The number of rotatable bonds is 3. The molecule has 0 heterocycles. The van der Waals surface area contributed by atoms with Crippen LogP contribution in [0.1, 0.15) is 13.3 Å². The molecule has 4 heteroatoms. The van der Waals surface area contributed by atoms with E-state index >= 15 is 0 Å². The largest absolute Gasteiger partial charge is 0.611 e. The second kappa shape index (κ2) is 5.39. The summed E-state index contributed by atoms with van der Waals surface area (Å²) < 4.78 is 13.3. The van der Waals surface area contributed by atoms with Crippen LogP contribution in [0.15, 0.2) is 26.0 Å². The van der Waals surface area contributed by atoms with Gasteiger partial charge < -0.3 is 4.55 Å². The van der Waals surface area contributed by atoms with Gasteiger partial charge >= 0.3 is 0 Å². The van der Waals surface area contributed by atoms with Crippen molar-refractivity contribution in [3.8, 4) is 0 Å². The van der Waals surface area contributed by atoms with Gasteiger partial charge in [-0.3, -0.25) is 0 Å². The van der Waals surface area contributed by atoms with Crippen LogP contribution in [0.5, 0.6) is 0 Å². The monoisotopic (exact) mass is 323 g/mol. The molecule has 0 spiro atoms. The fourth-order valence-electron chi connectivity index (χ4n) is 0.912. The van der Waals surface area contributed by atoms with Crippen molar-refractivity contribution in [1.29, 1.82) is 0 Å². The molecule has 1 aromatic carbocycles. The first-order valence-corrected chi connectivity index (χ1v) is 6.80. The van der Waals surface area contributed by atoms with Crippen LogP contribution in [-0.2, 0) is 11.2 Å². The highest BCUT2D eigenvalue weighted by Crippen LogP contribution is 2.23. The van der Waals surface area contributed by atoms with E-state index in [-0.39, 0.29) is 0 Å². The minimum Gasteiger partial charge on any atom is -0.611 e. The SMILES string of the molecule is CCC[S+]([O-])c1cc(Br)[c]c(Br)c1. The van der Waals surface area contributed by atoms with Crippen molar-refractivity contribution in [1.82, 2.24) is 0 Å². The van der Waals surface area contributed by atoms with Gasteiger partial charge in [0.15, 0.2) is 4.90 Å². The zero-order valence-corrected chi connectivity index (χ0v) is 11.1. The lowest BCUT2D eigenvalue weighted by Crippen LogP contribution is -2.05. The van der Waals surface area contributed by atoms with Crippen molar-refractivity contribution in [3.63, 3.8) is 0 Å². The van der Waals surface area contributed by atoms with E-state index in [1.54, 1.807) is 0 Å². The molecular weight excluding hydrogens is 316 g/mol. The molecule has 1 aromatic rings. The molecule has 0 aliphatic rings. The van der Waals surface area contributed by atoms with Crippen molar-refractivity contribution in [3.05, 3.63) is 27.1 Å². The lowest BCUT2D eigenvalue weighted by molar-refractivity contribution is 0.593. The highest BCUT2D eigenvalue weighted by molar-refractivity contribution is 9.11. The molecule has 0 saturated carbocycles. The summed E-state index contributed by atoms with van der Waals surface area (Å²) in [5, 5.41) is 0. The van der Waals surface area contributed by atoms with E-state index in [0.29, 0.717) is 5.75 Å². The maximum atomic E-state index is 11.6. The Morgan fingerprint density at radius 3 is 2.38 bits per heavy atom. The summed E-state index contributed by atoms with van der Waals surface area (Å²) in [6, 6.07) is 6.69. The molecule has 13 heavy (non-hydrogen) atoms. The molecule has 0 N–H and O–H groups in total. The van der Waals surface area contributed by atoms with Gasteiger partial charge in [-0.15, -0.1) is 0 Å². The van der Waals surface area contributed by atoms with Crippen LogP contribution in [-0.4, -0.2) is 10.3 Å². The third-order valence-electron chi connectivity index (χ3n) is 1.43. The smallest absolute Gasteiger partial charge is 0.154 e. The average molecular weight is 325 g/mol. The Hall–Kier alpha value is 0.490. The molecule has 0 aromatic heterocycles. The molecule has 1 radical (unpaired) electrons. The molecule has 0 aliphatic heterocycles. The van der Waals surface area contributed by atoms with Gasteiger partial charge in [-0.25, -0.2) is 0 Å². The number of hydrogen-bond donors (Lipinski definition) is 0.